The number of aliphatic hydroxyl groups is 2. The minimum atomic E-state index is -4.52. The van der Waals surface area contributed by atoms with Gasteiger partial charge in [-0.15, -0.1) is 0 Å². The summed E-state index contributed by atoms with van der Waals surface area (Å²) in [5, 5.41) is 20.9. The predicted octanol–water partition coefficient (Wildman–Crippen LogP) is 7.52. The molecule has 0 radical (unpaired) electrons. The third kappa shape index (κ3) is 4.30. The lowest BCUT2D eigenvalue weighted by molar-refractivity contribution is -0.290. The van der Waals surface area contributed by atoms with E-state index in [9.17, 15) is 23.4 Å². The van der Waals surface area contributed by atoms with Crippen molar-refractivity contribution in [2.24, 2.45) is 45.8 Å². The van der Waals surface area contributed by atoms with E-state index in [1.165, 1.54) is 25.7 Å². The van der Waals surface area contributed by atoms with Gasteiger partial charge in [0.2, 0.25) is 0 Å². The Morgan fingerprint density at radius 2 is 1.55 bits per heavy atom. The van der Waals surface area contributed by atoms with Gasteiger partial charge in [-0.1, -0.05) is 41.0 Å². The highest BCUT2D eigenvalue weighted by molar-refractivity contribution is 5.11. The fourth-order valence-electron chi connectivity index (χ4n) is 9.08. The van der Waals surface area contributed by atoms with Gasteiger partial charge in [-0.05, 0) is 116 Å². The first-order valence-electron chi connectivity index (χ1n) is 13.6. The lowest BCUT2D eigenvalue weighted by Crippen LogP contribution is -2.59. The molecule has 0 aromatic rings. The molecule has 0 aromatic carbocycles. The predicted molar refractivity (Wildman–Crippen MR) is 126 cm³/mol. The normalized spacial score (nSPS) is 46.9. The molecule has 2 nitrogen and oxygen atoms in total. The molecule has 4 saturated carbocycles. The van der Waals surface area contributed by atoms with E-state index in [0.29, 0.717) is 35.5 Å². The fraction of sp³-hybridized carbons (Fsp3) is 1.00. The number of alkyl halides is 3. The van der Waals surface area contributed by atoms with Crippen molar-refractivity contribution < 1.29 is 23.4 Å². The van der Waals surface area contributed by atoms with E-state index in [-0.39, 0.29) is 35.7 Å². The molecule has 33 heavy (non-hydrogen) atoms. The monoisotopic (exact) mass is 472 g/mol. The zero-order valence-electron chi connectivity index (χ0n) is 21.5. The maximum Gasteiger partial charge on any atom is 0.417 e. The Morgan fingerprint density at radius 3 is 2.18 bits per heavy atom. The highest BCUT2D eigenvalue weighted by Crippen LogP contribution is 2.69. The highest BCUT2D eigenvalue weighted by atomic mass is 19.4. The highest BCUT2D eigenvalue weighted by Gasteiger charge is 2.64. The van der Waals surface area contributed by atoms with E-state index < -0.39 is 11.8 Å². The second-order valence-electron chi connectivity index (χ2n) is 14.0. The molecular weight excluding hydrogens is 425 g/mol. The summed E-state index contributed by atoms with van der Waals surface area (Å²) in [7, 11) is 0. The summed E-state index contributed by atoms with van der Waals surface area (Å²) in [4.78, 5) is 0. The second kappa shape index (κ2) is 8.39. The van der Waals surface area contributed by atoms with E-state index in [4.69, 9.17) is 0 Å². The van der Waals surface area contributed by atoms with Crippen molar-refractivity contribution in [3.63, 3.8) is 0 Å². The van der Waals surface area contributed by atoms with Crippen molar-refractivity contribution in [1.29, 1.82) is 0 Å². The number of hydrogen-bond acceptors (Lipinski definition) is 2. The van der Waals surface area contributed by atoms with Crippen LogP contribution < -0.4 is 0 Å². The molecular formula is C28H47F3O2. The summed E-state index contributed by atoms with van der Waals surface area (Å²) in [5.41, 5.74) is -2.26. The molecule has 0 bridgehead atoms. The molecule has 0 aliphatic heterocycles. The first kappa shape index (κ1) is 25.8. The average Bonchev–Trinajstić information content (AvgIpc) is 3.03. The molecule has 0 spiro atoms. The van der Waals surface area contributed by atoms with Crippen molar-refractivity contribution in [3.05, 3.63) is 0 Å². The number of aliphatic hydroxyl groups excluding tert-OH is 1. The van der Waals surface area contributed by atoms with Crippen molar-refractivity contribution >= 4 is 0 Å². The Balaban J connectivity index is 1.43. The minimum Gasteiger partial charge on any atom is -0.393 e. The third-order valence-electron chi connectivity index (χ3n) is 11.5. The van der Waals surface area contributed by atoms with Crippen molar-refractivity contribution in [2.45, 2.75) is 130 Å². The van der Waals surface area contributed by atoms with E-state index in [2.05, 4.69) is 34.6 Å². The van der Waals surface area contributed by atoms with Crippen LogP contribution in [0.3, 0.4) is 0 Å². The SMILES string of the molecule is CC(C)(C)[C@@H](O)CCC[C@H]1CC[C@H]2[C@@H]3CC[C@@H]4C[C@](O)(C(F)(F)F)CC[C@]4(C)[C@H]3CC[C@]12C. The molecule has 0 unspecified atom stereocenters. The van der Waals surface area contributed by atoms with Gasteiger partial charge >= 0.3 is 6.18 Å². The maximum atomic E-state index is 13.6. The molecule has 0 amide bonds. The van der Waals surface area contributed by atoms with E-state index in [0.717, 1.165) is 32.1 Å². The Bertz CT molecular complexity index is 715. The van der Waals surface area contributed by atoms with Crippen LogP contribution in [0.4, 0.5) is 13.2 Å². The number of rotatable bonds is 4. The second-order valence-corrected chi connectivity index (χ2v) is 14.0. The summed E-state index contributed by atoms with van der Waals surface area (Å²) in [5.74, 6) is 2.53. The van der Waals surface area contributed by atoms with Crippen LogP contribution in [-0.4, -0.2) is 28.1 Å². The average molecular weight is 473 g/mol. The molecule has 2 N–H and O–H groups in total. The van der Waals surface area contributed by atoms with Crippen LogP contribution in [0, 0.1) is 45.8 Å². The van der Waals surface area contributed by atoms with Crippen LogP contribution in [-0.2, 0) is 0 Å². The Labute approximate surface area is 199 Å². The largest absolute Gasteiger partial charge is 0.417 e. The van der Waals surface area contributed by atoms with Crippen molar-refractivity contribution in [1.82, 2.24) is 0 Å². The van der Waals surface area contributed by atoms with Crippen LogP contribution in [0.2, 0.25) is 0 Å². The van der Waals surface area contributed by atoms with Crippen LogP contribution in [0.15, 0.2) is 0 Å². The first-order valence-corrected chi connectivity index (χ1v) is 13.6. The number of hydrogen-bond donors (Lipinski definition) is 2. The summed E-state index contributed by atoms with van der Waals surface area (Å²) < 4.78 is 40.7. The summed E-state index contributed by atoms with van der Waals surface area (Å²) in [6.45, 7) is 11.1. The molecule has 192 valence electrons. The molecule has 0 aromatic heterocycles. The quantitative estimate of drug-likeness (QED) is 0.444. The number of fused-ring (bicyclic) bond motifs is 5. The van der Waals surface area contributed by atoms with Gasteiger partial charge in [0.15, 0.2) is 5.60 Å². The van der Waals surface area contributed by atoms with Crippen LogP contribution in [0.1, 0.15) is 112 Å². The van der Waals surface area contributed by atoms with Gasteiger partial charge < -0.3 is 10.2 Å². The smallest absolute Gasteiger partial charge is 0.393 e. The summed E-state index contributed by atoms with van der Waals surface area (Å²) >= 11 is 0. The van der Waals surface area contributed by atoms with E-state index in [1.807, 2.05) is 0 Å². The molecule has 9 atom stereocenters. The van der Waals surface area contributed by atoms with Crippen LogP contribution in [0.5, 0.6) is 0 Å². The minimum absolute atomic E-state index is 0.0143. The van der Waals surface area contributed by atoms with Crippen LogP contribution in [0.25, 0.3) is 0 Å². The van der Waals surface area contributed by atoms with Crippen molar-refractivity contribution in [3.8, 4) is 0 Å². The first-order chi connectivity index (χ1) is 15.1. The Hall–Kier alpha value is -0.290. The van der Waals surface area contributed by atoms with Gasteiger partial charge in [0, 0.05) is 0 Å². The molecule has 5 heteroatoms. The number of halogens is 3. The zero-order valence-corrected chi connectivity index (χ0v) is 21.5. The fourth-order valence-corrected chi connectivity index (χ4v) is 9.08. The maximum absolute atomic E-state index is 13.6. The molecule has 0 heterocycles. The summed E-state index contributed by atoms with van der Waals surface area (Å²) in [6, 6.07) is 0. The van der Waals surface area contributed by atoms with Gasteiger partial charge in [-0.3, -0.25) is 0 Å². The summed E-state index contributed by atoms with van der Waals surface area (Å²) in [6.07, 6.45) is 5.37. The molecule has 0 saturated heterocycles. The molecule has 4 rings (SSSR count). The lowest BCUT2D eigenvalue weighted by atomic mass is 9.43. The van der Waals surface area contributed by atoms with Gasteiger partial charge in [0.1, 0.15) is 0 Å². The van der Waals surface area contributed by atoms with Gasteiger partial charge in [-0.25, -0.2) is 0 Å². The topological polar surface area (TPSA) is 40.5 Å². The van der Waals surface area contributed by atoms with Gasteiger partial charge in [-0.2, -0.15) is 13.2 Å². The van der Waals surface area contributed by atoms with E-state index in [1.54, 1.807) is 0 Å². The van der Waals surface area contributed by atoms with Gasteiger partial charge in [0.05, 0.1) is 6.10 Å². The Morgan fingerprint density at radius 1 is 0.879 bits per heavy atom. The third-order valence-corrected chi connectivity index (χ3v) is 11.5. The van der Waals surface area contributed by atoms with Crippen LogP contribution >= 0.6 is 0 Å². The standard InChI is InChI=1S/C28H47F3O2/c1-24(2,3)23(32)8-6-7-18-10-12-21-20-11-9-19-17-27(33,28(29,30)31)16-15-26(19,5)22(20)13-14-25(18,21)4/h18-23,32-33H,6-17H2,1-5H3/t18-,19+,20-,21-,22-,23-,25+,26-,27-/m0/s1. The lowest BCUT2D eigenvalue weighted by Gasteiger charge is -2.62. The molecule has 4 aliphatic rings. The van der Waals surface area contributed by atoms with Gasteiger partial charge in [0.25, 0.3) is 0 Å². The van der Waals surface area contributed by atoms with E-state index >= 15 is 0 Å². The van der Waals surface area contributed by atoms with Crippen molar-refractivity contribution in [2.75, 3.05) is 0 Å². The Kier molecular flexibility index (Phi) is 6.56. The zero-order chi connectivity index (χ0) is 24.4. The molecule has 4 aliphatic carbocycles. The molecule has 4 fully saturated rings.